The third-order valence-corrected chi connectivity index (χ3v) is 26.7. The van der Waals surface area contributed by atoms with E-state index in [2.05, 4.69) is 305 Å². The van der Waals surface area contributed by atoms with Crippen LogP contribution in [0.3, 0.4) is 0 Å². The summed E-state index contributed by atoms with van der Waals surface area (Å²) in [4.78, 5) is 0. The molecular formula is C130H120CuO4. The van der Waals surface area contributed by atoms with Crippen LogP contribution in [0.15, 0.2) is 255 Å². The van der Waals surface area contributed by atoms with Gasteiger partial charge in [0.25, 0.3) is 0 Å². The summed E-state index contributed by atoms with van der Waals surface area (Å²) < 4.78 is 0. The Balaban J connectivity index is 0.000000171. The molecule has 0 spiro atoms. The second-order valence-corrected chi connectivity index (χ2v) is 37.1. The first-order valence-corrected chi connectivity index (χ1v) is 46.4. The second-order valence-electron chi connectivity index (χ2n) is 37.1. The minimum absolute atomic E-state index is 0. The van der Waals surface area contributed by atoms with E-state index >= 15 is 0 Å². The van der Waals surface area contributed by atoms with E-state index in [4.69, 9.17) is 0 Å². The number of aryl methyl sites for hydroxylation is 22. The summed E-state index contributed by atoms with van der Waals surface area (Å²) in [5.41, 5.74) is 40.1. The summed E-state index contributed by atoms with van der Waals surface area (Å²) in [7, 11) is 0. The Kier molecular flexibility index (Phi) is 31.6. The molecule has 0 amide bonds. The average Bonchev–Trinajstić information content (AvgIpc) is 0.686. The molecule has 675 valence electrons. The molecule has 17 aromatic rings. The zero-order valence-electron chi connectivity index (χ0n) is 82.1. The van der Waals surface area contributed by atoms with Crippen LogP contribution >= 0.6 is 0 Å². The van der Waals surface area contributed by atoms with E-state index in [0.717, 1.165) is 111 Å². The van der Waals surface area contributed by atoms with Gasteiger partial charge in [-0.05, 0) is 390 Å². The molecule has 135 heavy (non-hydrogen) atoms. The Hall–Kier alpha value is -14.0. The summed E-state index contributed by atoms with van der Waals surface area (Å²) in [6.07, 6.45) is -1.99. The van der Waals surface area contributed by atoms with Crippen molar-refractivity contribution in [3.05, 3.63) is 466 Å². The summed E-state index contributed by atoms with van der Waals surface area (Å²) in [5.74, 6) is 42.2. The monoisotopic (exact) mass is 1810 g/mol. The second kappa shape index (κ2) is 43.4. The molecule has 4 atom stereocenters. The van der Waals surface area contributed by atoms with Gasteiger partial charge in [0, 0.05) is 63.3 Å². The molecule has 17 rings (SSSR count). The maximum Gasteiger partial charge on any atom is 0.0818 e. The zero-order chi connectivity index (χ0) is 95.6. The van der Waals surface area contributed by atoms with Crippen LogP contribution in [0, 0.1) is 223 Å². The fraction of sp³-hybridized carbons (Fsp3) is 0.215. The molecule has 4 nitrogen and oxygen atoms in total. The minimum atomic E-state index is -0.652. The molecule has 0 bridgehead atoms. The van der Waals surface area contributed by atoms with E-state index in [-0.39, 0.29) is 17.1 Å². The first-order valence-electron chi connectivity index (χ1n) is 46.4. The van der Waals surface area contributed by atoms with Crippen molar-refractivity contribution in [3.8, 4) is 71.0 Å². The molecular weight excluding hydrogens is 1690 g/mol. The average molecular weight is 1810 g/mol. The summed E-state index contributed by atoms with van der Waals surface area (Å²) in [6.45, 7) is 46.9. The van der Waals surface area contributed by atoms with Gasteiger partial charge in [0.05, 0.1) is 57.8 Å². The van der Waals surface area contributed by atoms with Crippen LogP contribution < -0.4 is 0 Å². The Morgan fingerprint density at radius 1 is 0.170 bits per heavy atom. The van der Waals surface area contributed by atoms with E-state index in [1.54, 1.807) is 0 Å². The van der Waals surface area contributed by atoms with Crippen molar-refractivity contribution in [2.45, 2.75) is 190 Å². The van der Waals surface area contributed by atoms with Crippen molar-refractivity contribution in [3.63, 3.8) is 0 Å². The van der Waals surface area contributed by atoms with Gasteiger partial charge in [0.1, 0.15) is 0 Å². The van der Waals surface area contributed by atoms with Crippen molar-refractivity contribution in [2.75, 3.05) is 0 Å². The van der Waals surface area contributed by atoms with Gasteiger partial charge in [-0.15, -0.1) is 0 Å². The van der Waals surface area contributed by atoms with Crippen molar-refractivity contribution in [2.24, 2.45) is 0 Å². The third kappa shape index (κ3) is 23.3. The summed E-state index contributed by atoms with van der Waals surface area (Å²) in [5, 5.41) is 55.5. The maximum atomic E-state index is 10.3. The number of rotatable bonds is 8. The number of aliphatic hydroxyl groups excluding tert-OH is 4. The van der Waals surface area contributed by atoms with Crippen molar-refractivity contribution >= 4 is 53.9 Å². The molecule has 0 fully saturated rings. The molecule has 0 saturated carbocycles. The Morgan fingerprint density at radius 3 is 0.519 bits per heavy atom. The number of hydrogen-bond acceptors (Lipinski definition) is 4. The Bertz CT molecular complexity index is 6840. The van der Waals surface area contributed by atoms with Gasteiger partial charge in [-0.3, -0.25) is 0 Å². The standard InChI is InChI=1S/C60H42.C32H30.2C19H24O2.Cu/c1-43-7-19-49(20-8-43)31-37-55-56(38-32-50-21-9-44(2)10-22-50)58(40-34-52-25-13-46(4)14-26-52)60(42-36-54-29-17-48(6)18-30-54)59(41-35-53-27-15-47(5)16-28-53)57(55)39-33-51-23-11-45(3)12-24-51;1-15-9-23-25(11-17(15)3)29-21(7)20(6)14-28-24-10-16(2)18(4)12-26(24)30-22(8)19(5)13-27(23)31(30)32(28)29;2*1-12-5-7-16(9-14(12)3)18(20)11-19(21)17-8-6-13(2)15(4)10-17;/h7-30H,1-6H3;9-14H,1-8H3;2*5-10,18-21H,11H2,1-4H3;. The van der Waals surface area contributed by atoms with Gasteiger partial charge in [-0.2, -0.15) is 0 Å². The topological polar surface area (TPSA) is 80.9 Å². The van der Waals surface area contributed by atoms with E-state index in [0.29, 0.717) is 46.2 Å². The molecule has 5 heteroatoms. The van der Waals surface area contributed by atoms with Crippen LogP contribution in [0.5, 0.6) is 0 Å². The predicted octanol–water partition coefficient (Wildman–Crippen LogP) is 29.4. The third-order valence-electron chi connectivity index (χ3n) is 26.7. The van der Waals surface area contributed by atoms with Crippen LogP contribution in [-0.2, 0) is 17.1 Å². The van der Waals surface area contributed by atoms with Crippen LogP contribution in [0.25, 0.3) is 53.9 Å². The fourth-order valence-corrected chi connectivity index (χ4v) is 16.9. The number of aliphatic hydroxyl groups is 4. The van der Waals surface area contributed by atoms with Gasteiger partial charge >= 0.3 is 0 Å². The molecule has 17 aromatic carbocycles. The van der Waals surface area contributed by atoms with E-state index < -0.39 is 24.4 Å². The number of hydrogen-bond donors (Lipinski definition) is 4. The number of benzene rings is 17. The molecule has 0 aromatic heterocycles. The largest absolute Gasteiger partial charge is 0.388 e. The van der Waals surface area contributed by atoms with Gasteiger partial charge in [-0.1, -0.05) is 286 Å². The number of fused-ring (bicyclic) bond motifs is 6. The normalized spacial score (nSPS) is 11.6. The SMILES string of the molecule is Cc1cc2c(cc1C)c1c(C)c(C)cc3c4cc(C)c(C)cc4c4c(C)c(C)cc2c4c31.Cc1ccc(C#Cc2c(C#Cc3ccc(C)cc3)c(C#Cc3ccc(C)cc3)c(C#Cc3ccc(C)cc3)c(C#Cc3ccc(C)cc3)c2C#Cc2ccc(C)cc2)cc1.Cc1ccc(C(O)CC(O)c2ccc(C)c(C)c2)cc1C.Cc1ccc(C(O)CC(O)c2ccc(C)c(C)c2)cc1C.[Cu]. The first kappa shape index (κ1) is 98.5. The van der Waals surface area contributed by atoms with Gasteiger partial charge in [-0.25, -0.2) is 0 Å². The first-order chi connectivity index (χ1) is 64.1. The Morgan fingerprint density at radius 2 is 0.333 bits per heavy atom. The molecule has 0 aliphatic heterocycles. The summed E-state index contributed by atoms with van der Waals surface area (Å²) >= 11 is 0. The van der Waals surface area contributed by atoms with Crippen molar-refractivity contribution < 1.29 is 37.5 Å². The van der Waals surface area contributed by atoms with Crippen LogP contribution in [0.4, 0.5) is 0 Å². The fourth-order valence-electron chi connectivity index (χ4n) is 16.9. The maximum absolute atomic E-state index is 10.3. The quantitative estimate of drug-likeness (QED) is 0.0529. The molecule has 0 aliphatic rings. The van der Waals surface area contributed by atoms with E-state index in [1.807, 2.05) is 173 Å². The predicted molar refractivity (Wildman–Crippen MR) is 565 cm³/mol. The smallest absolute Gasteiger partial charge is 0.0818 e. The van der Waals surface area contributed by atoms with Crippen molar-refractivity contribution in [1.82, 2.24) is 0 Å². The molecule has 0 heterocycles. The van der Waals surface area contributed by atoms with Crippen LogP contribution in [-0.4, -0.2) is 20.4 Å². The van der Waals surface area contributed by atoms with Crippen LogP contribution in [0.1, 0.15) is 249 Å². The molecule has 0 saturated heterocycles. The molecule has 4 unspecified atom stereocenters. The van der Waals surface area contributed by atoms with Gasteiger partial charge in [0.2, 0.25) is 0 Å². The minimum Gasteiger partial charge on any atom is -0.388 e. The van der Waals surface area contributed by atoms with E-state index in [9.17, 15) is 20.4 Å². The zero-order valence-corrected chi connectivity index (χ0v) is 83.0. The van der Waals surface area contributed by atoms with E-state index in [1.165, 1.54) is 121 Å². The molecule has 1 radical (unpaired) electrons. The molecule has 4 N–H and O–H groups in total. The van der Waals surface area contributed by atoms with Crippen molar-refractivity contribution in [1.29, 1.82) is 0 Å². The van der Waals surface area contributed by atoms with Crippen LogP contribution in [0.2, 0.25) is 0 Å². The van der Waals surface area contributed by atoms with Gasteiger partial charge < -0.3 is 20.4 Å². The van der Waals surface area contributed by atoms with Gasteiger partial charge in [0.15, 0.2) is 0 Å². The molecule has 0 aliphatic carbocycles. The Labute approximate surface area is 812 Å². The summed E-state index contributed by atoms with van der Waals surface area (Å²) in [6, 6.07) is 87.6.